The fraction of sp³-hybridized carbons (Fsp3) is 0.600. The third kappa shape index (κ3) is 4.49. The molecule has 0 aromatic heterocycles. The number of hydrogen-bond donors (Lipinski definition) is 1. The smallest absolute Gasteiger partial charge is 0.0615 e. The van der Waals surface area contributed by atoms with Gasteiger partial charge in [-0.15, -0.1) is 0 Å². The molecule has 2 nitrogen and oxygen atoms in total. The van der Waals surface area contributed by atoms with Crippen LogP contribution in [-0.2, 0) is 10.2 Å². The molecule has 0 spiro atoms. The van der Waals surface area contributed by atoms with Crippen LogP contribution in [0.15, 0.2) is 30.3 Å². The van der Waals surface area contributed by atoms with Crippen molar-refractivity contribution in [2.75, 3.05) is 20.3 Å². The zero-order chi connectivity index (χ0) is 12.7. The summed E-state index contributed by atoms with van der Waals surface area (Å²) in [7, 11) is 1.76. The van der Waals surface area contributed by atoms with E-state index in [1.165, 1.54) is 5.56 Å². The second-order valence-electron chi connectivity index (χ2n) is 5.19. The molecule has 2 heteroatoms. The lowest BCUT2D eigenvalue weighted by atomic mass is 9.84. The maximum absolute atomic E-state index is 5.20. The lowest BCUT2D eigenvalue weighted by Crippen LogP contribution is -2.41. The Balaban J connectivity index is 2.55. The van der Waals surface area contributed by atoms with Gasteiger partial charge in [-0.3, -0.25) is 0 Å². The van der Waals surface area contributed by atoms with Crippen LogP contribution in [0.3, 0.4) is 0 Å². The Bertz CT molecular complexity index is 308. The summed E-state index contributed by atoms with van der Waals surface area (Å²) in [5.41, 5.74) is 1.53. The van der Waals surface area contributed by atoms with Crippen LogP contribution in [-0.4, -0.2) is 26.3 Å². The number of rotatable bonds is 7. The van der Waals surface area contributed by atoms with Crippen molar-refractivity contribution >= 4 is 0 Å². The van der Waals surface area contributed by atoms with Crippen LogP contribution in [0.1, 0.15) is 32.8 Å². The van der Waals surface area contributed by atoms with Crippen molar-refractivity contribution in [3.05, 3.63) is 35.9 Å². The van der Waals surface area contributed by atoms with Gasteiger partial charge in [-0.25, -0.2) is 0 Å². The normalized spacial score (nSPS) is 13.6. The van der Waals surface area contributed by atoms with E-state index in [1.54, 1.807) is 7.11 Å². The largest absolute Gasteiger partial charge is 0.383 e. The maximum Gasteiger partial charge on any atom is 0.0615 e. The van der Waals surface area contributed by atoms with Crippen molar-refractivity contribution in [1.29, 1.82) is 0 Å². The zero-order valence-electron chi connectivity index (χ0n) is 11.5. The molecule has 1 N–H and O–H groups in total. The van der Waals surface area contributed by atoms with E-state index >= 15 is 0 Å². The van der Waals surface area contributed by atoms with E-state index in [0.717, 1.165) is 19.6 Å². The van der Waals surface area contributed by atoms with Crippen molar-refractivity contribution in [3.63, 3.8) is 0 Å². The van der Waals surface area contributed by atoms with Gasteiger partial charge in [-0.1, -0.05) is 51.1 Å². The standard InChI is InChI=1S/C15H25NO/c1-5-14(11-17-4)16-12-15(2,3)13-9-7-6-8-10-13/h6-10,14,16H,5,11-12H2,1-4H3. The molecule has 96 valence electrons. The van der Waals surface area contributed by atoms with Crippen molar-refractivity contribution in [1.82, 2.24) is 5.32 Å². The lowest BCUT2D eigenvalue weighted by Gasteiger charge is -2.28. The first kappa shape index (κ1) is 14.2. The van der Waals surface area contributed by atoms with Gasteiger partial charge in [-0.2, -0.15) is 0 Å². The van der Waals surface area contributed by atoms with E-state index in [1.807, 2.05) is 0 Å². The molecule has 17 heavy (non-hydrogen) atoms. The van der Waals surface area contributed by atoms with Gasteiger partial charge in [0.05, 0.1) is 6.61 Å². The Morgan fingerprint density at radius 2 is 1.88 bits per heavy atom. The highest BCUT2D eigenvalue weighted by molar-refractivity contribution is 5.23. The van der Waals surface area contributed by atoms with Gasteiger partial charge in [0.1, 0.15) is 0 Å². The Labute approximate surface area is 105 Å². The molecule has 0 aliphatic carbocycles. The predicted octanol–water partition coefficient (Wildman–Crippen LogP) is 2.98. The highest BCUT2D eigenvalue weighted by Gasteiger charge is 2.21. The minimum Gasteiger partial charge on any atom is -0.383 e. The molecule has 0 amide bonds. The van der Waals surface area contributed by atoms with Crippen LogP contribution in [0.25, 0.3) is 0 Å². The number of methoxy groups -OCH3 is 1. The van der Waals surface area contributed by atoms with Gasteiger partial charge in [0.15, 0.2) is 0 Å². The minimum absolute atomic E-state index is 0.155. The van der Waals surface area contributed by atoms with Crippen LogP contribution in [0.5, 0.6) is 0 Å². The summed E-state index contributed by atoms with van der Waals surface area (Å²) in [6, 6.07) is 11.1. The molecule has 0 fully saturated rings. The van der Waals surface area contributed by atoms with Gasteiger partial charge in [0.25, 0.3) is 0 Å². The van der Waals surface area contributed by atoms with E-state index in [0.29, 0.717) is 6.04 Å². The third-order valence-electron chi connectivity index (χ3n) is 3.25. The molecule has 0 saturated heterocycles. The molecule has 0 saturated carbocycles. The van der Waals surface area contributed by atoms with Crippen LogP contribution in [0, 0.1) is 0 Å². The predicted molar refractivity (Wildman–Crippen MR) is 73.4 cm³/mol. The first-order valence-electron chi connectivity index (χ1n) is 6.38. The van der Waals surface area contributed by atoms with Gasteiger partial charge >= 0.3 is 0 Å². The van der Waals surface area contributed by atoms with E-state index in [2.05, 4.69) is 56.4 Å². The van der Waals surface area contributed by atoms with Crippen LogP contribution in [0.2, 0.25) is 0 Å². The number of nitrogens with one attached hydrogen (secondary N) is 1. The summed E-state index contributed by atoms with van der Waals surface area (Å²) in [4.78, 5) is 0. The second-order valence-corrected chi connectivity index (χ2v) is 5.19. The Morgan fingerprint density at radius 1 is 1.24 bits per heavy atom. The molecule has 0 radical (unpaired) electrons. The van der Waals surface area contributed by atoms with Gasteiger partial charge in [0.2, 0.25) is 0 Å². The average Bonchev–Trinajstić information content (AvgIpc) is 2.35. The summed E-state index contributed by atoms with van der Waals surface area (Å²) >= 11 is 0. The number of benzene rings is 1. The van der Waals surface area contributed by atoms with Gasteiger partial charge < -0.3 is 10.1 Å². The summed E-state index contributed by atoms with van der Waals surface area (Å²) in [6.07, 6.45) is 1.10. The van der Waals surface area contributed by atoms with Crippen molar-refractivity contribution in [3.8, 4) is 0 Å². The first-order chi connectivity index (χ1) is 8.10. The fourth-order valence-electron chi connectivity index (χ4n) is 1.91. The van der Waals surface area contributed by atoms with Gasteiger partial charge in [-0.05, 0) is 12.0 Å². The molecule has 0 aliphatic heterocycles. The van der Waals surface area contributed by atoms with Crippen LogP contribution >= 0.6 is 0 Å². The van der Waals surface area contributed by atoms with Crippen molar-refractivity contribution < 1.29 is 4.74 Å². The topological polar surface area (TPSA) is 21.3 Å². The number of hydrogen-bond acceptors (Lipinski definition) is 2. The molecule has 0 aliphatic rings. The Kier molecular flexibility index (Phi) is 5.66. The summed E-state index contributed by atoms with van der Waals surface area (Å²) in [6.45, 7) is 8.48. The van der Waals surface area contributed by atoms with E-state index in [4.69, 9.17) is 4.74 Å². The molecule has 1 aromatic carbocycles. The monoisotopic (exact) mass is 235 g/mol. The second kappa shape index (κ2) is 6.77. The van der Waals surface area contributed by atoms with E-state index in [9.17, 15) is 0 Å². The van der Waals surface area contributed by atoms with Crippen LogP contribution < -0.4 is 5.32 Å². The highest BCUT2D eigenvalue weighted by Crippen LogP contribution is 2.21. The molecule has 1 atom stereocenters. The number of ether oxygens (including phenoxy) is 1. The molecular formula is C15H25NO. The minimum atomic E-state index is 0.155. The zero-order valence-corrected chi connectivity index (χ0v) is 11.5. The average molecular weight is 235 g/mol. The molecule has 0 heterocycles. The Morgan fingerprint density at radius 3 is 2.41 bits per heavy atom. The third-order valence-corrected chi connectivity index (χ3v) is 3.25. The summed E-state index contributed by atoms with van der Waals surface area (Å²) < 4.78 is 5.20. The SMILES string of the molecule is CCC(COC)NCC(C)(C)c1ccccc1. The van der Waals surface area contributed by atoms with E-state index in [-0.39, 0.29) is 5.41 Å². The Hall–Kier alpha value is -0.860. The van der Waals surface area contributed by atoms with E-state index < -0.39 is 0 Å². The van der Waals surface area contributed by atoms with Crippen LogP contribution in [0.4, 0.5) is 0 Å². The highest BCUT2D eigenvalue weighted by atomic mass is 16.5. The fourth-order valence-corrected chi connectivity index (χ4v) is 1.91. The summed E-state index contributed by atoms with van der Waals surface area (Å²) in [5, 5.41) is 3.58. The van der Waals surface area contributed by atoms with Crippen molar-refractivity contribution in [2.24, 2.45) is 0 Å². The first-order valence-corrected chi connectivity index (χ1v) is 6.38. The summed E-state index contributed by atoms with van der Waals surface area (Å²) in [5.74, 6) is 0. The molecular weight excluding hydrogens is 210 g/mol. The maximum atomic E-state index is 5.20. The molecule has 1 rings (SSSR count). The molecule has 1 aromatic rings. The quantitative estimate of drug-likeness (QED) is 0.784. The molecule has 1 unspecified atom stereocenters. The van der Waals surface area contributed by atoms with Gasteiger partial charge in [0, 0.05) is 25.1 Å². The lowest BCUT2D eigenvalue weighted by molar-refractivity contribution is 0.161. The van der Waals surface area contributed by atoms with Crippen molar-refractivity contribution in [2.45, 2.75) is 38.6 Å². The molecule has 0 bridgehead atoms.